The standard InChI is InChI=1S/C42H65N9O14S/c1-24(2)18-28(47-39(59)35(55)26(43)19-25-8-4-3-5-9-25)40(60)51-14-7-11-32(51)41(61)50-13-6-10-31(50)38(58)45-12-15-64-16-17-65-22-33(52)46-21-29(37(57)49-30(23-66)42(62)63)48-36(56)27(44)20-34(53)54/h3-5,8-9,24,26-32,35,55,66H,6-7,10-23,43-44H2,1-2H3,(H,45,58)(H,46,52)(H,47,59)(H,48,56)(H,49,57)(H,53,54)(H,62,63)/t26-,27+,28+,29+,30+,31+,32+,35+/m1/s1. The Labute approximate surface area is 388 Å². The first-order valence-electron chi connectivity index (χ1n) is 21.8. The Kier molecular flexibility index (Phi) is 23.2. The van der Waals surface area contributed by atoms with Crippen LogP contribution < -0.4 is 38.1 Å². The first-order chi connectivity index (χ1) is 31.3. The lowest BCUT2D eigenvalue weighted by atomic mass is 9.99. The second-order valence-corrected chi connectivity index (χ2v) is 16.8. The average molecular weight is 952 g/mol. The van der Waals surface area contributed by atoms with Crippen molar-refractivity contribution in [3.8, 4) is 0 Å². The molecular weight excluding hydrogens is 887 g/mol. The second kappa shape index (κ2) is 27.9. The van der Waals surface area contributed by atoms with E-state index in [0.717, 1.165) is 5.56 Å². The molecule has 0 unspecified atom stereocenters. The molecule has 368 valence electrons. The van der Waals surface area contributed by atoms with Crippen LogP contribution in [-0.2, 0) is 59.0 Å². The molecule has 2 aliphatic rings. The number of nitrogens with zero attached hydrogens (tertiary/aromatic N) is 2. The van der Waals surface area contributed by atoms with Crippen molar-refractivity contribution in [2.45, 2.75) is 107 Å². The van der Waals surface area contributed by atoms with E-state index in [2.05, 4.69) is 39.2 Å². The van der Waals surface area contributed by atoms with Crippen molar-refractivity contribution >= 4 is 65.9 Å². The average Bonchev–Trinajstić information content (AvgIpc) is 3.98. The highest BCUT2D eigenvalue weighted by atomic mass is 32.1. The summed E-state index contributed by atoms with van der Waals surface area (Å²) in [6.07, 6.45) is 0.0909. The van der Waals surface area contributed by atoms with Crippen LogP contribution in [-0.4, -0.2) is 185 Å². The number of carbonyl (C=O) groups excluding carboxylic acids is 7. The summed E-state index contributed by atoms with van der Waals surface area (Å²) in [5, 5.41) is 41.1. The Balaban J connectivity index is 1.43. The normalized spacial score (nSPS) is 18.6. The van der Waals surface area contributed by atoms with Gasteiger partial charge in [-0.05, 0) is 50.0 Å². The third kappa shape index (κ3) is 17.8. The van der Waals surface area contributed by atoms with Gasteiger partial charge in [-0.15, -0.1) is 0 Å². The topological polar surface area (TPSA) is 351 Å². The summed E-state index contributed by atoms with van der Waals surface area (Å²) in [7, 11) is 0. The molecule has 0 saturated carbocycles. The molecule has 12 N–H and O–H groups in total. The molecule has 0 aliphatic carbocycles. The first kappa shape index (κ1) is 54.9. The molecule has 7 amide bonds. The number of ether oxygens (including phenoxy) is 2. The van der Waals surface area contributed by atoms with Gasteiger partial charge in [-0.25, -0.2) is 4.79 Å². The van der Waals surface area contributed by atoms with E-state index in [1.165, 1.54) is 9.80 Å². The number of hydrogen-bond donors (Lipinski definition) is 11. The minimum absolute atomic E-state index is 0.0152. The van der Waals surface area contributed by atoms with Gasteiger partial charge in [0.1, 0.15) is 42.9 Å². The molecule has 2 saturated heterocycles. The number of aliphatic hydroxyl groups excluding tert-OH is 1. The van der Waals surface area contributed by atoms with Crippen molar-refractivity contribution in [1.82, 2.24) is 36.4 Å². The monoisotopic (exact) mass is 951 g/mol. The molecule has 2 aliphatic heterocycles. The number of carboxylic acids is 2. The second-order valence-electron chi connectivity index (χ2n) is 16.5. The summed E-state index contributed by atoms with van der Waals surface area (Å²) in [5.41, 5.74) is 12.6. The largest absolute Gasteiger partial charge is 0.481 e. The molecule has 0 radical (unpaired) electrons. The van der Waals surface area contributed by atoms with Gasteiger partial charge < -0.3 is 72.6 Å². The highest BCUT2D eigenvalue weighted by Gasteiger charge is 2.44. The van der Waals surface area contributed by atoms with Crippen molar-refractivity contribution < 1.29 is 67.9 Å². The van der Waals surface area contributed by atoms with E-state index < -0.39 is 115 Å². The summed E-state index contributed by atoms with van der Waals surface area (Å²) in [5.74, 6) is -7.80. The summed E-state index contributed by atoms with van der Waals surface area (Å²) < 4.78 is 10.8. The van der Waals surface area contributed by atoms with Gasteiger partial charge in [0.2, 0.25) is 35.4 Å². The number of benzene rings is 1. The fraction of sp³-hybridized carbons (Fsp3) is 0.643. The van der Waals surface area contributed by atoms with Crippen LogP contribution in [0.2, 0.25) is 0 Å². The maximum absolute atomic E-state index is 14.0. The molecule has 3 rings (SSSR count). The molecule has 2 fully saturated rings. The van der Waals surface area contributed by atoms with Gasteiger partial charge in [0.15, 0.2) is 0 Å². The van der Waals surface area contributed by atoms with E-state index in [-0.39, 0.29) is 63.3 Å². The van der Waals surface area contributed by atoms with Crippen LogP contribution in [0.1, 0.15) is 57.9 Å². The molecule has 23 nitrogen and oxygen atoms in total. The SMILES string of the molecule is CC(C)C[C@H](NC(=O)[C@@H](O)[C@H](N)Cc1ccccc1)C(=O)N1CCC[C@H]1C(=O)N1CCC[C@H]1C(=O)NCCOCCOCC(=O)NC[C@H](NC(=O)[C@@H](N)CC(=O)O)C(=O)N[C@@H](CS)C(=O)O. The van der Waals surface area contributed by atoms with Gasteiger partial charge in [0.25, 0.3) is 5.91 Å². The molecule has 0 bridgehead atoms. The van der Waals surface area contributed by atoms with Gasteiger partial charge in [0.05, 0.1) is 32.3 Å². The molecule has 0 aromatic heterocycles. The zero-order chi connectivity index (χ0) is 48.9. The van der Waals surface area contributed by atoms with E-state index in [4.69, 9.17) is 26.0 Å². The van der Waals surface area contributed by atoms with Gasteiger partial charge in [-0.1, -0.05) is 44.2 Å². The number of aliphatic carboxylic acids is 2. The molecule has 2 heterocycles. The summed E-state index contributed by atoms with van der Waals surface area (Å²) >= 11 is 3.87. The number of carbonyl (C=O) groups is 9. The Bertz CT molecular complexity index is 1830. The third-order valence-corrected chi connectivity index (χ3v) is 11.2. The molecular formula is C42H65N9O14S. The van der Waals surface area contributed by atoms with E-state index in [1.54, 1.807) is 0 Å². The van der Waals surface area contributed by atoms with Gasteiger partial charge >= 0.3 is 11.9 Å². The van der Waals surface area contributed by atoms with Crippen molar-refractivity contribution in [3.05, 3.63) is 35.9 Å². The van der Waals surface area contributed by atoms with Crippen LogP contribution in [0, 0.1) is 5.92 Å². The van der Waals surface area contributed by atoms with E-state index >= 15 is 0 Å². The fourth-order valence-corrected chi connectivity index (χ4v) is 7.61. The highest BCUT2D eigenvalue weighted by Crippen LogP contribution is 2.26. The van der Waals surface area contributed by atoms with Crippen molar-refractivity contribution in [2.75, 3.05) is 58.4 Å². The van der Waals surface area contributed by atoms with Gasteiger partial charge in [-0.2, -0.15) is 12.6 Å². The van der Waals surface area contributed by atoms with Crippen LogP contribution in [0.4, 0.5) is 0 Å². The number of amides is 7. The summed E-state index contributed by atoms with van der Waals surface area (Å²) in [4.78, 5) is 117. The summed E-state index contributed by atoms with van der Waals surface area (Å²) in [6, 6.07) is 1.14. The van der Waals surface area contributed by atoms with Crippen molar-refractivity contribution in [3.63, 3.8) is 0 Å². The van der Waals surface area contributed by atoms with E-state index in [0.29, 0.717) is 32.2 Å². The minimum Gasteiger partial charge on any atom is -0.481 e. The molecule has 24 heteroatoms. The first-order valence-corrected chi connectivity index (χ1v) is 22.5. The van der Waals surface area contributed by atoms with Crippen LogP contribution in [0.15, 0.2) is 30.3 Å². The highest BCUT2D eigenvalue weighted by molar-refractivity contribution is 7.80. The van der Waals surface area contributed by atoms with Crippen molar-refractivity contribution in [2.24, 2.45) is 17.4 Å². The van der Waals surface area contributed by atoms with E-state index in [9.17, 15) is 53.4 Å². The molecule has 8 atom stereocenters. The van der Waals surface area contributed by atoms with Crippen LogP contribution in [0.25, 0.3) is 0 Å². The number of nitrogens with one attached hydrogen (secondary N) is 5. The summed E-state index contributed by atoms with van der Waals surface area (Å²) in [6.45, 7) is 3.48. The zero-order valence-corrected chi connectivity index (χ0v) is 38.1. The van der Waals surface area contributed by atoms with Crippen LogP contribution >= 0.6 is 12.6 Å². The lowest BCUT2D eigenvalue weighted by Crippen LogP contribution is -2.58. The Morgan fingerprint density at radius 2 is 1.41 bits per heavy atom. The number of rotatable bonds is 28. The molecule has 1 aromatic rings. The van der Waals surface area contributed by atoms with Gasteiger partial charge in [0, 0.05) is 38.0 Å². The molecule has 66 heavy (non-hydrogen) atoms. The van der Waals surface area contributed by atoms with Crippen LogP contribution in [0.3, 0.4) is 0 Å². The minimum atomic E-state index is -1.58. The number of nitrogens with two attached hydrogens (primary N) is 2. The zero-order valence-electron chi connectivity index (χ0n) is 37.2. The molecule has 0 spiro atoms. The number of carboxylic acid groups (broad SMARTS) is 2. The Morgan fingerprint density at radius 1 is 0.788 bits per heavy atom. The number of hydrogen-bond acceptors (Lipinski definition) is 15. The number of aliphatic hydroxyl groups is 1. The van der Waals surface area contributed by atoms with Gasteiger partial charge in [-0.3, -0.25) is 38.4 Å². The quantitative estimate of drug-likeness (QED) is 0.0287. The Hall–Kier alpha value is -5.40. The third-order valence-electron chi connectivity index (χ3n) is 10.8. The number of thiol groups is 1. The van der Waals surface area contributed by atoms with E-state index in [1.807, 2.05) is 44.2 Å². The smallest absolute Gasteiger partial charge is 0.327 e. The Morgan fingerprint density at radius 3 is 2.05 bits per heavy atom. The van der Waals surface area contributed by atoms with Crippen LogP contribution in [0.5, 0.6) is 0 Å². The maximum atomic E-state index is 14.0. The lowest BCUT2D eigenvalue weighted by Gasteiger charge is -2.33. The van der Waals surface area contributed by atoms with Crippen molar-refractivity contribution in [1.29, 1.82) is 0 Å². The predicted octanol–water partition coefficient (Wildman–Crippen LogP) is -3.52. The molecule has 1 aromatic carbocycles. The fourth-order valence-electron chi connectivity index (χ4n) is 7.37. The maximum Gasteiger partial charge on any atom is 0.327 e. The predicted molar refractivity (Wildman–Crippen MR) is 238 cm³/mol. The lowest BCUT2D eigenvalue weighted by molar-refractivity contribution is -0.148. The number of likely N-dealkylation sites (tertiary alicyclic amines) is 2.